The maximum Gasteiger partial charge on any atom is 0.263 e. The topological polar surface area (TPSA) is 109 Å². The summed E-state index contributed by atoms with van der Waals surface area (Å²) in [5.41, 5.74) is 2.60. The fourth-order valence-electron chi connectivity index (χ4n) is 5.18. The van der Waals surface area contributed by atoms with Gasteiger partial charge in [-0.2, -0.15) is 0 Å². The van der Waals surface area contributed by atoms with Gasteiger partial charge < -0.3 is 20.4 Å². The predicted molar refractivity (Wildman–Crippen MR) is 134 cm³/mol. The van der Waals surface area contributed by atoms with Crippen molar-refractivity contribution in [2.45, 2.75) is 65.0 Å². The van der Waals surface area contributed by atoms with Crippen molar-refractivity contribution in [3.8, 4) is 17.0 Å². The lowest BCUT2D eigenvalue weighted by Crippen LogP contribution is -2.37. The number of carbonyl (C=O) groups excluding carboxylic acids is 2. The summed E-state index contributed by atoms with van der Waals surface area (Å²) < 4.78 is 33.1. The van der Waals surface area contributed by atoms with Gasteiger partial charge in [0.2, 0.25) is 5.91 Å². The lowest BCUT2D eigenvalue weighted by atomic mass is 10.0. The number of nitrogens with zero attached hydrogens (tertiary/aromatic N) is 2. The van der Waals surface area contributed by atoms with Crippen molar-refractivity contribution in [3.05, 3.63) is 41.3 Å². The SMILES string of the molecule is CC(=O)NC1CC(NC(=O)c2c(C)[nH]c3c(-c4cc(C(F)F)ccc4OCC4CC4)ncnc23)CC1C. The molecular weight excluding hydrogens is 480 g/mol. The molecule has 8 nitrogen and oxygen atoms in total. The third kappa shape index (κ3) is 5.28. The molecule has 5 rings (SSSR count). The summed E-state index contributed by atoms with van der Waals surface area (Å²) in [5.74, 6) is 0.832. The number of amides is 2. The first-order chi connectivity index (χ1) is 17.7. The molecule has 196 valence electrons. The van der Waals surface area contributed by atoms with E-state index in [1.54, 1.807) is 13.0 Å². The van der Waals surface area contributed by atoms with E-state index < -0.39 is 6.43 Å². The van der Waals surface area contributed by atoms with E-state index in [2.05, 4.69) is 32.5 Å². The molecule has 3 aromatic rings. The Balaban J connectivity index is 1.46. The maximum atomic E-state index is 13.6. The molecule has 2 aliphatic carbocycles. The zero-order chi connectivity index (χ0) is 26.3. The van der Waals surface area contributed by atoms with E-state index in [1.165, 1.54) is 25.4 Å². The standard InChI is InChI=1S/C27H31F2N5O3/c1-13-8-18(10-20(13)33-15(3)35)34-27(36)22-14(2)32-25-23(30-12-31-24(22)25)19-9-17(26(28)29)6-7-21(19)37-11-16-4-5-16/h6-7,9,12-13,16,18,20,26,32H,4-5,8,10-11H2,1-3H3,(H,33,35)(H,34,36). The molecule has 2 aliphatic rings. The number of H-pyrrole nitrogens is 1. The largest absolute Gasteiger partial charge is 0.493 e. The minimum absolute atomic E-state index is 0.0111. The van der Waals surface area contributed by atoms with Crippen LogP contribution >= 0.6 is 0 Å². The van der Waals surface area contributed by atoms with Gasteiger partial charge in [0.1, 0.15) is 23.3 Å². The quantitative estimate of drug-likeness (QED) is 0.407. The van der Waals surface area contributed by atoms with Crippen molar-refractivity contribution < 1.29 is 23.1 Å². The zero-order valence-corrected chi connectivity index (χ0v) is 21.1. The normalized spacial score (nSPS) is 21.4. The molecule has 37 heavy (non-hydrogen) atoms. The predicted octanol–water partition coefficient (Wildman–Crippen LogP) is 4.69. The zero-order valence-electron chi connectivity index (χ0n) is 21.1. The lowest BCUT2D eigenvalue weighted by molar-refractivity contribution is -0.119. The molecule has 2 fully saturated rings. The Hall–Kier alpha value is -3.56. The van der Waals surface area contributed by atoms with Gasteiger partial charge in [0.05, 0.1) is 17.7 Å². The van der Waals surface area contributed by atoms with Crippen LogP contribution < -0.4 is 15.4 Å². The second kappa shape index (κ2) is 10.1. The third-order valence-corrected chi connectivity index (χ3v) is 7.29. The molecular formula is C27H31F2N5O3. The highest BCUT2D eigenvalue weighted by Crippen LogP contribution is 2.38. The molecule has 0 spiro atoms. The van der Waals surface area contributed by atoms with Crippen LogP contribution in [0.4, 0.5) is 8.78 Å². The smallest absolute Gasteiger partial charge is 0.263 e. The van der Waals surface area contributed by atoms with Crippen molar-refractivity contribution in [1.82, 2.24) is 25.6 Å². The molecule has 0 bridgehead atoms. The molecule has 0 saturated heterocycles. The fraction of sp³-hybridized carbons (Fsp3) is 0.481. The molecule has 2 heterocycles. The van der Waals surface area contributed by atoms with Gasteiger partial charge in [0, 0.05) is 35.8 Å². The average molecular weight is 512 g/mol. The van der Waals surface area contributed by atoms with Crippen molar-refractivity contribution >= 4 is 22.8 Å². The van der Waals surface area contributed by atoms with Crippen LogP contribution in [0.2, 0.25) is 0 Å². The van der Waals surface area contributed by atoms with Gasteiger partial charge in [-0.25, -0.2) is 18.7 Å². The van der Waals surface area contributed by atoms with Crippen molar-refractivity contribution in [1.29, 1.82) is 0 Å². The number of rotatable bonds is 8. The van der Waals surface area contributed by atoms with E-state index in [4.69, 9.17) is 4.74 Å². The number of halogens is 2. The highest BCUT2D eigenvalue weighted by atomic mass is 19.3. The highest BCUT2D eigenvalue weighted by Gasteiger charge is 2.34. The van der Waals surface area contributed by atoms with Gasteiger partial charge in [-0.15, -0.1) is 0 Å². The van der Waals surface area contributed by atoms with E-state index >= 15 is 0 Å². The summed E-state index contributed by atoms with van der Waals surface area (Å²) >= 11 is 0. The molecule has 10 heteroatoms. The number of alkyl halides is 2. The number of carbonyl (C=O) groups is 2. The number of aromatic nitrogens is 3. The number of nitrogens with one attached hydrogen (secondary N) is 3. The number of benzene rings is 1. The highest BCUT2D eigenvalue weighted by molar-refractivity contribution is 6.09. The molecule has 2 amide bonds. The van der Waals surface area contributed by atoms with Crippen LogP contribution in [0.5, 0.6) is 5.75 Å². The van der Waals surface area contributed by atoms with Gasteiger partial charge in [-0.05, 0) is 62.6 Å². The summed E-state index contributed by atoms with van der Waals surface area (Å²) in [6, 6.07) is 4.24. The lowest BCUT2D eigenvalue weighted by Gasteiger charge is -2.15. The van der Waals surface area contributed by atoms with Gasteiger partial charge in [-0.3, -0.25) is 9.59 Å². The number of aromatic amines is 1. The first kappa shape index (κ1) is 25.1. The minimum atomic E-state index is -2.64. The van der Waals surface area contributed by atoms with Gasteiger partial charge >= 0.3 is 0 Å². The summed E-state index contributed by atoms with van der Waals surface area (Å²) in [6.45, 7) is 5.84. The van der Waals surface area contributed by atoms with Gasteiger partial charge in [0.15, 0.2) is 0 Å². The van der Waals surface area contributed by atoms with E-state index in [1.807, 2.05) is 0 Å². The van der Waals surface area contributed by atoms with Crippen molar-refractivity contribution in [2.75, 3.05) is 6.61 Å². The second-order valence-electron chi connectivity index (χ2n) is 10.3. The Morgan fingerprint density at radius 3 is 2.68 bits per heavy atom. The van der Waals surface area contributed by atoms with Gasteiger partial charge in [-0.1, -0.05) is 6.92 Å². The van der Waals surface area contributed by atoms with E-state index in [0.717, 1.165) is 19.3 Å². The van der Waals surface area contributed by atoms with Crippen LogP contribution in [-0.2, 0) is 4.79 Å². The van der Waals surface area contributed by atoms with Crippen molar-refractivity contribution in [2.24, 2.45) is 11.8 Å². The van der Waals surface area contributed by atoms with Crippen LogP contribution in [0.15, 0.2) is 24.5 Å². The Labute approximate surface area is 213 Å². The monoisotopic (exact) mass is 511 g/mol. The number of aryl methyl sites for hydroxylation is 1. The molecule has 1 aromatic carbocycles. The first-order valence-electron chi connectivity index (χ1n) is 12.7. The fourth-order valence-corrected chi connectivity index (χ4v) is 5.18. The molecule has 0 radical (unpaired) electrons. The number of hydrogen-bond donors (Lipinski definition) is 3. The molecule has 2 saturated carbocycles. The number of hydrogen-bond acceptors (Lipinski definition) is 5. The molecule has 3 atom stereocenters. The molecule has 3 N–H and O–H groups in total. The molecule has 0 aliphatic heterocycles. The van der Waals surface area contributed by atoms with Crippen molar-refractivity contribution in [3.63, 3.8) is 0 Å². The van der Waals surface area contributed by atoms with E-state index in [0.29, 0.717) is 58.2 Å². The van der Waals surface area contributed by atoms with Crippen LogP contribution in [0.1, 0.15) is 67.6 Å². The maximum absolute atomic E-state index is 13.6. The Kier molecular flexibility index (Phi) is 6.83. The summed E-state index contributed by atoms with van der Waals surface area (Å²) in [5, 5.41) is 6.04. The molecule has 3 unspecified atom stereocenters. The summed E-state index contributed by atoms with van der Waals surface area (Å²) in [6.07, 6.45) is 2.29. The van der Waals surface area contributed by atoms with E-state index in [9.17, 15) is 18.4 Å². The van der Waals surface area contributed by atoms with E-state index in [-0.39, 0.29) is 35.4 Å². The van der Waals surface area contributed by atoms with Crippen LogP contribution in [-0.4, -0.2) is 45.5 Å². The Bertz CT molecular complexity index is 1340. The number of ether oxygens (including phenoxy) is 1. The van der Waals surface area contributed by atoms with Crippen LogP contribution in [0.25, 0.3) is 22.3 Å². The van der Waals surface area contributed by atoms with Gasteiger partial charge in [0.25, 0.3) is 12.3 Å². The minimum Gasteiger partial charge on any atom is -0.493 e. The molecule has 2 aromatic heterocycles. The Morgan fingerprint density at radius 1 is 1.19 bits per heavy atom. The van der Waals surface area contributed by atoms with Crippen LogP contribution in [0, 0.1) is 18.8 Å². The second-order valence-corrected chi connectivity index (χ2v) is 10.3. The van der Waals surface area contributed by atoms with Crippen LogP contribution in [0.3, 0.4) is 0 Å². The average Bonchev–Trinajstić information content (AvgIpc) is 3.52. The third-order valence-electron chi connectivity index (χ3n) is 7.29. The number of fused-ring (bicyclic) bond motifs is 1. The first-order valence-corrected chi connectivity index (χ1v) is 12.7. The Morgan fingerprint density at radius 2 is 1.97 bits per heavy atom. The summed E-state index contributed by atoms with van der Waals surface area (Å²) in [7, 11) is 0. The summed E-state index contributed by atoms with van der Waals surface area (Å²) in [4.78, 5) is 36.9.